The Hall–Kier alpha value is -1.79. The minimum absolute atomic E-state index is 0.321. The van der Waals surface area contributed by atoms with Gasteiger partial charge in [-0.05, 0) is 31.0 Å². The molecule has 0 spiro atoms. The van der Waals surface area contributed by atoms with Crippen molar-refractivity contribution in [3.8, 4) is 22.8 Å². The lowest BCUT2D eigenvalue weighted by Crippen LogP contribution is -2.18. The van der Waals surface area contributed by atoms with Gasteiger partial charge in [-0.2, -0.15) is 0 Å². The van der Waals surface area contributed by atoms with Crippen LogP contribution in [-0.4, -0.2) is 37.5 Å². The molecule has 6 heteroatoms. The molecule has 1 atom stereocenters. The predicted octanol–water partition coefficient (Wildman–Crippen LogP) is 3.17. The molecule has 116 valence electrons. The van der Waals surface area contributed by atoms with Gasteiger partial charge in [-0.15, -0.1) is 11.3 Å². The van der Waals surface area contributed by atoms with Crippen LogP contribution in [0.1, 0.15) is 12.8 Å². The Balaban J connectivity index is 1.46. The van der Waals surface area contributed by atoms with Gasteiger partial charge in [0.15, 0.2) is 16.6 Å². The second-order valence-corrected chi connectivity index (χ2v) is 6.27. The zero-order chi connectivity index (χ0) is 14.8. The van der Waals surface area contributed by atoms with Crippen molar-refractivity contribution < 1.29 is 14.2 Å². The molecular weight excluding hydrogens is 300 g/mol. The molecular formula is C16H18N2O3S. The molecule has 22 heavy (non-hydrogen) atoms. The van der Waals surface area contributed by atoms with E-state index in [0.29, 0.717) is 19.3 Å². The van der Waals surface area contributed by atoms with Crippen LogP contribution in [0, 0.1) is 0 Å². The fraction of sp³-hybridized carbons (Fsp3) is 0.438. The molecule has 1 aromatic carbocycles. The Morgan fingerprint density at radius 3 is 2.95 bits per heavy atom. The average molecular weight is 318 g/mol. The molecule has 0 saturated carbocycles. The minimum Gasteiger partial charge on any atom is -0.486 e. The van der Waals surface area contributed by atoms with E-state index >= 15 is 0 Å². The third-order valence-electron chi connectivity index (χ3n) is 3.85. The smallest absolute Gasteiger partial charge is 0.183 e. The average Bonchev–Trinajstić information content (AvgIpc) is 3.24. The van der Waals surface area contributed by atoms with E-state index in [4.69, 9.17) is 14.2 Å². The molecule has 0 radical (unpaired) electrons. The molecule has 0 amide bonds. The molecule has 1 N–H and O–H groups in total. The van der Waals surface area contributed by atoms with Gasteiger partial charge in [0.1, 0.15) is 13.2 Å². The maximum Gasteiger partial charge on any atom is 0.183 e. The Morgan fingerprint density at radius 2 is 2.09 bits per heavy atom. The minimum atomic E-state index is 0.321. The third kappa shape index (κ3) is 2.89. The van der Waals surface area contributed by atoms with Crippen LogP contribution in [0.15, 0.2) is 23.6 Å². The number of ether oxygens (including phenoxy) is 3. The van der Waals surface area contributed by atoms with E-state index < -0.39 is 0 Å². The van der Waals surface area contributed by atoms with Crippen molar-refractivity contribution >= 4 is 16.5 Å². The Bertz CT molecular complexity index is 653. The number of anilines is 1. The molecule has 1 fully saturated rings. The summed E-state index contributed by atoms with van der Waals surface area (Å²) < 4.78 is 16.8. The number of thiazole rings is 1. The molecule has 5 nitrogen and oxygen atoms in total. The van der Waals surface area contributed by atoms with E-state index in [1.165, 1.54) is 0 Å². The number of aromatic nitrogens is 1. The number of nitrogens with one attached hydrogen (secondary N) is 1. The fourth-order valence-corrected chi connectivity index (χ4v) is 3.43. The van der Waals surface area contributed by atoms with Crippen molar-refractivity contribution in [2.24, 2.45) is 0 Å². The Kier molecular flexibility index (Phi) is 3.86. The van der Waals surface area contributed by atoms with Gasteiger partial charge in [0.25, 0.3) is 0 Å². The van der Waals surface area contributed by atoms with E-state index in [-0.39, 0.29) is 0 Å². The highest BCUT2D eigenvalue weighted by molar-refractivity contribution is 7.14. The van der Waals surface area contributed by atoms with Crippen molar-refractivity contribution in [2.75, 3.05) is 31.7 Å². The maximum absolute atomic E-state index is 5.63. The maximum atomic E-state index is 5.63. The van der Waals surface area contributed by atoms with Crippen LogP contribution in [0.4, 0.5) is 5.13 Å². The lowest BCUT2D eigenvalue weighted by molar-refractivity contribution is 0.120. The quantitative estimate of drug-likeness (QED) is 0.938. The normalized spacial score (nSPS) is 20.1. The summed E-state index contributed by atoms with van der Waals surface area (Å²) in [5.41, 5.74) is 2.00. The number of benzene rings is 1. The predicted molar refractivity (Wildman–Crippen MR) is 86.0 cm³/mol. The zero-order valence-electron chi connectivity index (χ0n) is 12.2. The van der Waals surface area contributed by atoms with Crippen molar-refractivity contribution in [1.82, 2.24) is 4.98 Å². The summed E-state index contributed by atoms with van der Waals surface area (Å²) in [6.07, 6.45) is 2.61. The summed E-state index contributed by atoms with van der Waals surface area (Å²) in [6, 6.07) is 5.96. The summed E-state index contributed by atoms with van der Waals surface area (Å²) >= 11 is 1.62. The van der Waals surface area contributed by atoms with Gasteiger partial charge in [-0.1, -0.05) is 0 Å². The fourth-order valence-electron chi connectivity index (χ4n) is 2.70. The van der Waals surface area contributed by atoms with Gasteiger partial charge in [-0.25, -0.2) is 4.98 Å². The lowest BCUT2D eigenvalue weighted by atomic mass is 10.1. The number of fused-ring (bicyclic) bond motifs is 1. The monoisotopic (exact) mass is 318 g/mol. The molecule has 1 unspecified atom stereocenters. The Morgan fingerprint density at radius 1 is 1.18 bits per heavy atom. The first-order valence-corrected chi connectivity index (χ1v) is 8.47. The number of rotatable bonds is 4. The van der Waals surface area contributed by atoms with Crippen molar-refractivity contribution in [2.45, 2.75) is 18.9 Å². The number of hydrogen-bond donors (Lipinski definition) is 1. The van der Waals surface area contributed by atoms with E-state index in [0.717, 1.165) is 53.9 Å². The van der Waals surface area contributed by atoms with Crippen molar-refractivity contribution in [3.05, 3.63) is 23.6 Å². The highest BCUT2D eigenvalue weighted by atomic mass is 32.1. The van der Waals surface area contributed by atoms with Crippen LogP contribution in [0.2, 0.25) is 0 Å². The largest absolute Gasteiger partial charge is 0.486 e. The molecule has 1 aromatic heterocycles. The van der Waals surface area contributed by atoms with Gasteiger partial charge in [0.05, 0.1) is 11.8 Å². The summed E-state index contributed by atoms with van der Waals surface area (Å²) in [6.45, 7) is 2.92. The van der Waals surface area contributed by atoms with E-state index in [1.54, 1.807) is 11.3 Å². The first-order valence-electron chi connectivity index (χ1n) is 7.59. The molecule has 2 aromatic rings. The first kappa shape index (κ1) is 13.8. The molecule has 3 heterocycles. The highest BCUT2D eigenvalue weighted by Gasteiger charge is 2.16. The van der Waals surface area contributed by atoms with E-state index in [1.807, 2.05) is 18.2 Å². The number of hydrogen-bond acceptors (Lipinski definition) is 6. The second kappa shape index (κ2) is 6.14. The van der Waals surface area contributed by atoms with Gasteiger partial charge < -0.3 is 19.5 Å². The summed E-state index contributed by atoms with van der Waals surface area (Å²) in [4.78, 5) is 4.65. The van der Waals surface area contributed by atoms with Gasteiger partial charge in [-0.3, -0.25) is 0 Å². The van der Waals surface area contributed by atoms with E-state index in [2.05, 4.69) is 15.7 Å². The molecule has 0 aliphatic carbocycles. The van der Waals surface area contributed by atoms with Crippen LogP contribution in [-0.2, 0) is 4.74 Å². The Labute approximate surface area is 133 Å². The first-order chi connectivity index (χ1) is 10.9. The molecule has 4 rings (SSSR count). The molecule has 2 aliphatic rings. The zero-order valence-corrected chi connectivity index (χ0v) is 13.0. The van der Waals surface area contributed by atoms with Crippen molar-refractivity contribution in [1.29, 1.82) is 0 Å². The van der Waals surface area contributed by atoms with Crippen LogP contribution in [0.3, 0.4) is 0 Å². The second-order valence-electron chi connectivity index (χ2n) is 5.41. The molecule has 0 bridgehead atoms. The van der Waals surface area contributed by atoms with Crippen LogP contribution >= 0.6 is 11.3 Å². The van der Waals surface area contributed by atoms with Gasteiger partial charge in [0.2, 0.25) is 0 Å². The summed E-state index contributed by atoms with van der Waals surface area (Å²) in [5, 5.41) is 6.36. The highest BCUT2D eigenvalue weighted by Crippen LogP contribution is 2.35. The summed E-state index contributed by atoms with van der Waals surface area (Å²) in [5.74, 6) is 1.60. The number of nitrogens with zero attached hydrogens (tertiary/aromatic N) is 1. The van der Waals surface area contributed by atoms with Crippen LogP contribution < -0.4 is 14.8 Å². The lowest BCUT2D eigenvalue weighted by Gasteiger charge is -2.18. The van der Waals surface area contributed by atoms with E-state index in [9.17, 15) is 0 Å². The van der Waals surface area contributed by atoms with Gasteiger partial charge >= 0.3 is 0 Å². The third-order valence-corrected chi connectivity index (χ3v) is 4.65. The topological polar surface area (TPSA) is 52.6 Å². The molecule has 1 saturated heterocycles. The summed E-state index contributed by atoms with van der Waals surface area (Å²) in [7, 11) is 0. The van der Waals surface area contributed by atoms with Crippen LogP contribution in [0.25, 0.3) is 11.3 Å². The SMILES string of the molecule is c1cc2c(cc1-c1csc(NCC3CCCO3)n1)OCCO2. The molecule has 2 aliphatic heterocycles. The van der Waals surface area contributed by atoms with Crippen molar-refractivity contribution in [3.63, 3.8) is 0 Å². The van der Waals surface area contributed by atoms with Gasteiger partial charge in [0, 0.05) is 24.1 Å². The van der Waals surface area contributed by atoms with Crippen LogP contribution in [0.5, 0.6) is 11.5 Å². The standard InChI is InChI=1S/C16H18N2O3S/c1-2-12(19-5-1)9-17-16-18-13(10-22-16)11-3-4-14-15(8-11)21-7-6-20-14/h3-4,8,10,12H,1-2,5-7,9H2,(H,17,18).